The molecule has 1 unspecified atom stereocenters. The van der Waals surface area contributed by atoms with Crippen molar-refractivity contribution < 1.29 is 0 Å². The molecular formula is C14H29N5. The first-order valence-corrected chi connectivity index (χ1v) is 7.16. The van der Waals surface area contributed by atoms with Gasteiger partial charge in [0.05, 0.1) is 6.54 Å². The van der Waals surface area contributed by atoms with E-state index in [4.69, 9.17) is 0 Å². The van der Waals surface area contributed by atoms with Gasteiger partial charge in [0.25, 0.3) is 0 Å². The predicted molar refractivity (Wildman–Crippen MR) is 79.0 cm³/mol. The predicted octanol–water partition coefficient (Wildman–Crippen LogP) is 1.92. The summed E-state index contributed by atoms with van der Waals surface area (Å²) in [6, 6.07) is 0.851. The Morgan fingerprint density at radius 3 is 2.47 bits per heavy atom. The smallest absolute Gasteiger partial charge is 0.141 e. The van der Waals surface area contributed by atoms with Crippen molar-refractivity contribution in [3.63, 3.8) is 0 Å². The number of likely N-dealkylation sites (N-methyl/N-ethyl adjacent to an activating group) is 1. The molecule has 1 N–H and O–H groups in total. The summed E-state index contributed by atoms with van der Waals surface area (Å²) in [6.45, 7) is 10.6. The van der Waals surface area contributed by atoms with Crippen LogP contribution in [0.15, 0.2) is 6.33 Å². The second kappa shape index (κ2) is 7.60. The average molecular weight is 267 g/mol. The van der Waals surface area contributed by atoms with Gasteiger partial charge in [0, 0.05) is 18.6 Å². The summed E-state index contributed by atoms with van der Waals surface area (Å²) in [5.74, 6) is 1.71. The van der Waals surface area contributed by atoms with Gasteiger partial charge in [-0.05, 0) is 40.3 Å². The summed E-state index contributed by atoms with van der Waals surface area (Å²) in [4.78, 5) is 6.57. The zero-order valence-corrected chi connectivity index (χ0v) is 13.2. The van der Waals surface area contributed by atoms with Crippen LogP contribution in [0.2, 0.25) is 0 Å². The van der Waals surface area contributed by atoms with Gasteiger partial charge in [-0.2, -0.15) is 5.10 Å². The molecule has 1 aromatic heterocycles. The molecule has 1 atom stereocenters. The van der Waals surface area contributed by atoms with Crippen LogP contribution >= 0.6 is 0 Å². The molecule has 0 aliphatic heterocycles. The molecule has 110 valence electrons. The quantitative estimate of drug-likeness (QED) is 0.782. The topological polar surface area (TPSA) is 46.0 Å². The van der Waals surface area contributed by atoms with E-state index in [2.05, 4.69) is 62.1 Å². The van der Waals surface area contributed by atoms with E-state index < -0.39 is 0 Å². The number of hydrogen-bond donors (Lipinski definition) is 1. The Balaban J connectivity index is 2.57. The Hall–Kier alpha value is -0.940. The Labute approximate surface area is 117 Å². The molecule has 0 aliphatic carbocycles. The maximum Gasteiger partial charge on any atom is 0.141 e. The lowest BCUT2D eigenvalue weighted by molar-refractivity contribution is 0.301. The number of rotatable bonds is 8. The Kier molecular flexibility index (Phi) is 6.45. The Bertz CT molecular complexity index is 346. The fourth-order valence-corrected chi connectivity index (χ4v) is 2.30. The maximum atomic E-state index is 4.34. The highest BCUT2D eigenvalue weighted by molar-refractivity contribution is 4.87. The Morgan fingerprint density at radius 2 is 1.95 bits per heavy atom. The molecule has 0 saturated heterocycles. The average Bonchev–Trinajstić information content (AvgIpc) is 2.72. The summed E-state index contributed by atoms with van der Waals surface area (Å²) < 4.78 is 1.98. The molecule has 0 bridgehead atoms. The van der Waals surface area contributed by atoms with Crippen LogP contribution in [0.1, 0.15) is 46.0 Å². The zero-order chi connectivity index (χ0) is 14.4. The maximum absolute atomic E-state index is 4.34. The molecule has 19 heavy (non-hydrogen) atoms. The standard InChI is InChI=1S/C14H29N5/c1-11(2)7-13(9-18(5)6)15-8-14-16-10-17-19(14)12(3)4/h10-13,15H,7-9H2,1-6H3. The fraction of sp³-hybridized carbons (Fsp3) is 0.857. The molecule has 0 saturated carbocycles. The van der Waals surface area contributed by atoms with Crippen LogP contribution < -0.4 is 5.32 Å². The summed E-state index contributed by atoms with van der Waals surface area (Å²) >= 11 is 0. The van der Waals surface area contributed by atoms with Gasteiger partial charge in [-0.25, -0.2) is 9.67 Å². The van der Waals surface area contributed by atoms with Crippen molar-refractivity contribution in [2.45, 2.75) is 52.7 Å². The van der Waals surface area contributed by atoms with Gasteiger partial charge >= 0.3 is 0 Å². The molecule has 5 nitrogen and oxygen atoms in total. The third kappa shape index (κ3) is 5.70. The molecule has 1 aromatic rings. The number of nitrogens with one attached hydrogen (secondary N) is 1. The lowest BCUT2D eigenvalue weighted by Crippen LogP contribution is -2.39. The van der Waals surface area contributed by atoms with Crippen LogP contribution in [0.3, 0.4) is 0 Å². The van der Waals surface area contributed by atoms with Gasteiger partial charge in [-0.1, -0.05) is 13.8 Å². The lowest BCUT2D eigenvalue weighted by atomic mass is 10.0. The van der Waals surface area contributed by atoms with Crippen molar-refractivity contribution in [3.8, 4) is 0 Å². The van der Waals surface area contributed by atoms with Gasteiger partial charge in [0.15, 0.2) is 0 Å². The molecule has 1 rings (SSSR count). The van der Waals surface area contributed by atoms with Crippen LogP contribution in [0.4, 0.5) is 0 Å². The van der Waals surface area contributed by atoms with Gasteiger partial charge in [0.1, 0.15) is 12.2 Å². The number of hydrogen-bond acceptors (Lipinski definition) is 4. The highest BCUT2D eigenvalue weighted by Crippen LogP contribution is 2.08. The van der Waals surface area contributed by atoms with Gasteiger partial charge in [-0.3, -0.25) is 0 Å². The van der Waals surface area contributed by atoms with Crippen LogP contribution in [0, 0.1) is 5.92 Å². The minimum Gasteiger partial charge on any atom is -0.308 e. The van der Waals surface area contributed by atoms with Crippen molar-refractivity contribution in [3.05, 3.63) is 12.2 Å². The molecule has 0 amide bonds. The summed E-state index contributed by atoms with van der Waals surface area (Å²) in [7, 11) is 4.23. The van der Waals surface area contributed by atoms with E-state index in [1.54, 1.807) is 6.33 Å². The highest BCUT2D eigenvalue weighted by atomic mass is 15.4. The van der Waals surface area contributed by atoms with E-state index in [1.165, 1.54) is 6.42 Å². The van der Waals surface area contributed by atoms with Crippen molar-refractivity contribution in [1.29, 1.82) is 0 Å². The largest absolute Gasteiger partial charge is 0.308 e. The van der Waals surface area contributed by atoms with E-state index >= 15 is 0 Å². The minimum absolute atomic E-state index is 0.358. The molecule has 0 spiro atoms. The van der Waals surface area contributed by atoms with Crippen molar-refractivity contribution in [1.82, 2.24) is 25.0 Å². The zero-order valence-electron chi connectivity index (χ0n) is 13.2. The highest BCUT2D eigenvalue weighted by Gasteiger charge is 2.14. The van der Waals surface area contributed by atoms with Gasteiger partial charge in [0.2, 0.25) is 0 Å². The molecule has 0 aliphatic rings. The molecule has 0 fully saturated rings. The lowest BCUT2D eigenvalue weighted by Gasteiger charge is -2.24. The molecular weight excluding hydrogens is 238 g/mol. The van der Waals surface area contributed by atoms with Crippen LogP contribution in [0.5, 0.6) is 0 Å². The van der Waals surface area contributed by atoms with E-state index in [0.717, 1.165) is 18.9 Å². The van der Waals surface area contributed by atoms with Crippen LogP contribution in [-0.4, -0.2) is 46.3 Å². The van der Waals surface area contributed by atoms with Gasteiger partial charge in [-0.15, -0.1) is 0 Å². The molecule has 0 aromatic carbocycles. The minimum atomic E-state index is 0.358. The third-order valence-corrected chi connectivity index (χ3v) is 3.03. The first-order chi connectivity index (χ1) is 8.90. The number of nitrogens with zero attached hydrogens (tertiary/aromatic N) is 4. The van der Waals surface area contributed by atoms with E-state index in [1.807, 2.05) is 4.68 Å². The van der Waals surface area contributed by atoms with Crippen LogP contribution in [0.25, 0.3) is 0 Å². The monoisotopic (exact) mass is 267 g/mol. The summed E-state index contributed by atoms with van der Waals surface area (Å²) in [6.07, 6.45) is 2.81. The second-order valence-electron chi connectivity index (χ2n) is 6.18. The molecule has 5 heteroatoms. The van der Waals surface area contributed by atoms with Gasteiger partial charge < -0.3 is 10.2 Å². The van der Waals surface area contributed by atoms with E-state index in [0.29, 0.717) is 18.0 Å². The summed E-state index contributed by atoms with van der Waals surface area (Å²) in [5.41, 5.74) is 0. The normalized spacial score (nSPS) is 13.7. The van der Waals surface area contributed by atoms with E-state index in [9.17, 15) is 0 Å². The van der Waals surface area contributed by atoms with E-state index in [-0.39, 0.29) is 0 Å². The number of aromatic nitrogens is 3. The van der Waals surface area contributed by atoms with Crippen molar-refractivity contribution in [2.24, 2.45) is 5.92 Å². The van der Waals surface area contributed by atoms with Crippen molar-refractivity contribution >= 4 is 0 Å². The second-order valence-corrected chi connectivity index (χ2v) is 6.18. The third-order valence-electron chi connectivity index (χ3n) is 3.03. The fourth-order valence-electron chi connectivity index (χ4n) is 2.30. The molecule has 0 radical (unpaired) electrons. The van der Waals surface area contributed by atoms with Crippen molar-refractivity contribution in [2.75, 3.05) is 20.6 Å². The Morgan fingerprint density at radius 1 is 1.26 bits per heavy atom. The molecule has 1 heterocycles. The summed E-state index contributed by atoms with van der Waals surface area (Å²) in [5, 5.41) is 7.89. The first-order valence-electron chi connectivity index (χ1n) is 7.16. The first kappa shape index (κ1) is 16.1. The SMILES string of the molecule is CC(C)CC(CN(C)C)NCc1ncnn1C(C)C. The van der Waals surface area contributed by atoms with Crippen LogP contribution in [-0.2, 0) is 6.54 Å².